The summed E-state index contributed by atoms with van der Waals surface area (Å²) in [7, 11) is 0. The summed E-state index contributed by atoms with van der Waals surface area (Å²) in [6.45, 7) is 6.85. The van der Waals surface area contributed by atoms with Crippen LogP contribution >= 0.6 is 0 Å². The molecule has 10 heteroatoms. The zero-order valence-electron chi connectivity index (χ0n) is 17.6. The summed E-state index contributed by atoms with van der Waals surface area (Å²) in [5.41, 5.74) is 17.9. The van der Waals surface area contributed by atoms with Crippen LogP contribution in [0.2, 0.25) is 0 Å². The number of amides is 1. The number of nitrogens with one attached hydrogen (secondary N) is 2. The number of aromatic nitrogens is 3. The first-order valence-electron chi connectivity index (χ1n) is 10.3. The number of hydrogen-bond acceptors (Lipinski definition) is 9. The summed E-state index contributed by atoms with van der Waals surface area (Å²) in [6.07, 6.45) is 5.95. The summed E-state index contributed by atoms with van der Waals surface area (Å²) in [5, 5.41) is 6.29. The SMILES string of the molecule is Cc1cccnc1Nc1nc(NCCCN(CCCN)CCCN)ncc1C(N)=O. The second kappa shape index (κ2) is 12.7. The highest BCUT2D eigenvalue weighted by atomic mass is 16.1. The molecular formula is C20H33N9O. The molecule has 0 bridgehead atoms. The molecule has 0 aliphatic carbocycles. The number of aryl methyl sites for hydroxylation is 1. The Morgan fingerprint density at radius 2 is 1.77 bits per heavy atom. The van der Waals surface area contributed by atoms with Gasteiger partial charge < -0.3 is 32.7 Å². The van der Waals surface area contributed by atoms with Crippen LogP contribution in [-0.4, -0.2) is 65.0 Å². The number of carbonyl (C=O) groups excluding carboxylic acids is 1. The average molecular weight is 416 g/mol. The maximum absolute atomic E-state index is 11.8. The van der Waals surface area contributed by atoms with Gasteiger partial charge in [-0.3, -0.25) is 4.79 Å². The molecule has 1 amide bonds. The van der Waals surface area contributed by atoms with Crippen LogP contribution in [-0.2, 0) is 0 Å². The van der Waals surface area contributed by atoms with E-state index < -0.39 is 5.91 Å². The van der Waals surface area contributed by atoms with E-state index in [-0.39, 0.29) is 5.56 Å². The maximum atomic E-state index is 11.8. The largest absolute Gasteiger partial charge is 0.365 e. The summed E-state index contributed by atoms with van der Waals surface area (Å²) >= 11 is 0. The molecule has 2 rings (SSSR count). The lowest BCUT2D eigenvalue weighted by molar-refractivity contribution is 0.100. The molecule has 0 saturated carbocycles. The quantitative estimate of drug-likeness (QED) is 0.281. The fourth-order valence-electron chi connectivity index (χ4n) is 2.94. The molecule has 8 N–H and O–H groups in total. The van der Waals surface area contributed by atoms with Crippen LogP contribution in [0.1, 0.15) is 35.2 Å². The highest BCUT2D eigenvalue weighted by Crippen LogP contribution is 2.20. The fourth-order valence-corrected chi connectivity index (χ4v) is 2.94. The van der Waals surface area contributed by atoms with Crippen molar-refractivity contribution in [3.63, 3.8) is 0 Å². The van der Waals surface area contributed by atoms with Gasteiger partial charge in [-0.15, -0.1) is 0 Å². The number of primary amides is 1. The predicted octanol–water partition coefficient (Wildman–Crippen LogP) is 0.824. The van der Waals surface area contributed by atoms with E-state index in [1.54, 1.807) is 6.20 Å². The molecule has 2 heterocycles. The Morgan fingerprint density at radius 1 is 1.07 bits per heavy atom. The number of nitrogens with zero attached hydrogens (tertiary/aromatic N) is 4. The first kappa shape index (κ1) is 23.5. The van der Waals surface area contributed by atoms with E-state index in [9.17, 15) is 4.79 Å². The third-order valence-electron chi connectivity index (χ3n) is 4.59. The minimum absolute atomic E-state index is 0.209. The second-order valence-electron chi connectivity index (χ2n) is 7.02. The predicted molar refractivity (Wildman–Crippen MR) is 120 cm³/mol. The lowest BCUT2D eigenvalue weighted by atomic mass is 10.2. The van der Waals surface area contributed by atoms with Crippen molar-refractivity contribution in [3.05, 3.63) is 35.7 Å². The molecule has 0 unspecified atom stereocenters. The van der Waals surface area contributed by atoms with Crippen LogP contribution in [0.4, 0.5) is 17.6 Å². The molecule has 0 atom stereocenters. The molecule has 0 aromatic carbocycles. The minimum Gasteiger partial charge on any atom is -0.365 e. The first-order valence-corrected chi connectivity index (χ1v) is 10.3. The van der Waals surface area contributed by atoms with Crippen molar-refractivity contribution in [1.82, 2.24) is 19.9 Å². The maximum Gasteiger partial charge on any atom is 0.254 e. The van der Waals surface area contributed by atoms with Crippen molar-refractivity contribution in [2.45, 2.75) is 26.2 Å². The van der Waals surface area contributed by atoms with Crippen molar-refractivity contribution in [2.75, 3.05) is 49.9 Å². The molecule has 30 heavy (non-hydrogen) atoms. The number of anilines is 3. The van der Waals surface area contributed by atoms with Crippen molar-refractivity contribution in [1.29, 1.82) is 0 Å². The third kappa shape index (κ3) is 7.54. The highest BCUT2D eigenvalue weighted by molar-refractivity contribution is 5.98. The number of nitrogens with two attached hydrogens (primary N) is 3. The van der Waals surface area contributed by atoms with Crippen LogP contribution < -0.4 is 27.8 Å². The van der Waals surface area contributed by atoms with E-state index in [4.69, 9.17) is 17.2 Å². The molecule has 10 nitrogen and oxygen atoms in total. The van der Waals surface area contributed by atoms with Crippen molar-refractivity contribution >= 4 is 23.5 Å². The van der Waals surface area contributed by atoms with Gasteiger partial charge in [0.05, 0.1) is 0 Å². The lowest BCUT2D eigenvalue weighted by Gasteiger charge is -2.21. The average Bonchev–Trinajstić information content (AvgIpc) is 2.74. The van der Waals surface area contributed by atoms with Gasteiger partial charge in [0.15, 0.2) is 0 Å². The van der Waals surface area contributed by atoms with Crippen LogP contribution in [0.25, 0.3) is 0 Å². The summed E-state index contributed by atoms with van der Waals surface area (Å²) in [5.74, 6) is 0.758. The standard InChI is InChI=1S/C20H33N9O/c1-15-6-2-9-24-18(15)27-19-16(17(23)30)14-26-20(28-19)25-10-5-13-29(11-3-7-21)12-4-8-22/h2,6,9,14H,3-5,7-8,10-13,21-22H2,1H3,(H2,23,30)(H2,24,25,26,27,28). The molecule has 2 aromatic heterocycles. The molecule has 0 aliphatic rings. The summed E-state index contributed by atoms with van der Waals surface area (Å²) in [4.78, 5) is 27.0. The Bertz CT molecular complexity index is 792. The van der Waals surface area contributed by atoms with E-state index >= 15 is 0 Å². The number of hydrogen-bond donors (Lipinski definition) is 5. The number of carbonyl (C=O) groups is 1. The highest BCUT2D eigenvalue weighted by Gasteiger charge is 2.14. The van der Waals surface area contributed by atoms with E-state index in [0.717, 1.165) is 44.5 Å². The molecule has 0 fully saturated rings. The minimum atomic E-state index is -0.604. The first-order chi connectivity index (χ1) is 14.5. The summed E-state index contributed by atoms with van der Waals surface area (Å²) in [6, 6.07) is 3.76. The molecule has 0 aliphatic heterocycles. The molecule has 0 radical (unpaired) electrons. The van der Waals surface area contributed by atoms with Gasteiger partial charge >= 0.3 is 0 Å². The van der Waals surface area contributed by atoms with Crippen molar-refractivity contribution < 1.29 is 4.79 Å². The van der Waals surface area contributed by atoms with Gasteiger partial charge in [0.25, 0.3) is 5.91 Å². The van der Waals surface area contributed by atoms with Gasteiger partial charge in [-0.2, -0.15) is 4.98 Å². The molecule has 164 valence electrons. The fraction of sp³-hybridized carbons (Fsp3) is 0.500. The Hall–Kier alpha value is -2.82. The van der Waals surface area contributed by atoms with Gasteiger partial charge in [0.1, 0.15) is 17.2 Å². The Kier molecular flexibility index (Phi) is 9.92. The van der Waals surface area contributed by atoms with Gasteiger partial charge in [-0.25, -0.2) is 9.97 Å². The molecule has 0 saturated heterocycles. The van der Waals surface area contributed by atoms with E-state index in [1.807, 2.05) is 19.1 Å². The van der Waals surface area contributed by atoms with Gasteiger partial charge in [-0.1, -0.05) is 6.07 Å². The molecule has 2 aromatic rings. The van der Waals surface area contributed by atoms with Gasteiger partial charge in [-0.05, 0) is 70.5 Å². The second-order valence-corrected chi connectivity index (χ2v) is 7.02. The zero-order chi connectivity index (χ0) is 21.8. The van der Waals surface area contributed by atoms with Crippen LogP contribution in [0.5, 0.6) is 0 Å². The van der Waals surface area contributed by atoms with E-state index in [0.29, 0.717) is 37.2 Å². The Labute approximate surface area is 177 Å². The summed E-state index contributed by atoms with van der Waals surface area (Å²) < 4.78 is 0. The zero-order valence-corrected chi connectivity index (χ0v) is 17.6. The number of rotatable bonds is 14. The number of pyridine rings is 1. The van der Waals surface area contributed by atoms with Gasteiger partial charge in [0, 0.05) is 18.9 Å². The van der Waals surface area contributed by atoms with Crippen LogP contribution in [0.15, 0.2) is 24.5 Å². The van der Waals surface area contributed by atoms with Gasteiger partial charge in [0.2, 0.25) is 5.95 Å². The van der Waals surface area contributed by atoms with Crippen molar-refractivity contribution in [2.24, 2.45) is 17.2 Å². The Balaban J connectivity index is 1.97. The smallest absolute Gasteiger partial charge is 0.254 e. The van der Waals surface area contributed by atoms with Crippen LogP contribution in [0, 0.1) is 6.92 Å². The van der Waals surface area contributed by atoms with Crippen molar-refractivity contribution in [3.8, 4) is 0 Å². The Morgan fingerprint density at radius 3 is 2.40 bits per heavy atom. The molecule has 0 spiro atoms. The molecular weight excluding hydrogens is 382 g/mol. The van der Waals surface area contributed by atoms with Crippen LogP contribution in [0.3, 0.4) is 0 Å². The lowest BCUT2D eigenvalue weighted by Crippen LogP contribution is -2.30. The normalized spacial score (nSPS) is 10.9. The van der Waals surface area contributed by atoms with E-state index in [1.165, 1.54) is 6.20 Å². The third-order valence-corrected chi connectivity index (χ3v) is 4.59. The topological polar surface area (TPSA) is 161 Å². The van der Waals surface area contributed by atoms with E-state index in [2.05, 4.69) is 30.5 Å². The monoisotopic (exact) mass is 415 g/mol.